The average Bonchev–Trinajstić information content (AvgIpc) is 2.65. The van der Waals surface area contributed by atoms with Gasteiger partial charge >= 0.3 is 5.69 Å². The molecule has 17 heavy (non-hydrogen) atoms. The molecule has 1 aliphatic rings. The van der Waals surface area contributed by atoms with Crippen LogP contribution in [0.4, 0.5) is 0 Å². The zero-order chi connectivity index (χ0) is 12.6. The minimum absolute atomic E-state index is 0.324. The van der Waals surface area contributed by atoms with Crippen LogP contribution in [0.2, 0.25) is 0 Å². The Kier molecular flexibility index (Phi) is 3.14. The van der Waals surface area contributed by atoms with Gasteiger partial charge in [-0.1, -0.05) is 0 Å². The minimum atomic E-state index is -1.18. The Bertz CT molecular complexity index is 520. The van der Waals surface area contributed by atoms with Gasteiger partial charge in [0.15, 0.2) is 6.61 Å². The van der Waals surface area contributed by atoms with Gasteiger partial charge in [-0.3, -0.25) is 14.3 Å². The lowest BCUT2D eigenvalue weighted by atomic mass is 10.4. The van der Waals surface area contributed by atoms with E-state index in [9.17, 15) is 14.7 Å². The normalized spacial score (nSPS) is 28.5. The second-order valence-corrected chi connectivity index (χ2v) is 3.63. The number of nitrogens with one attached hydrogen (secondary N) is 1. The van der Waals surface area contributed by atoms with Gasteiger partial charge in [0.2, 0.25) is 0 Å². The summed E-state index contributed by atoms with van der Waals surface area (Å²) in [5.74, 6) is 0. The number of hydrogen-bond acceptors (Lipinski definition) is 5. The first-order valence-corrected chi connectivity index (χ1v) is 4.84. The van der Waals surface area contributed by atoms with Gasteiger partial charge in [0, 0.05) is 11.8 Å². The van der Waals surface area contributed by atoms with Crippen molar-refractivity contribution < 1.29 is 14.9 Å². The highest BCUT2D eigenvalue weighted by Gasteiger charge is 2.36. The minimum Gasteiger partial charge on any atom is -0.389 e. The zero-order valence-electron chi connectivity index (χ0n) is 8.88. The summed E-state index contributed by atoms with van der Waals surface area (Å²) in [4.78, 5) is 24.8. The number of aliphatic hydroxyl groups excluding tert-OH is 2. The molecule has 1 aromatic rings. The van der Waals surface area contributed by atoms with Gasteiger partial charge in [0.1, 0.15) is 12.3 Å². The fourth-order valence-electron chi connectivity index (χ4n) is 1.49. The SMILES string of the molecule is Cc1cn([13C@H]2[13C][13C@H](O)[13C@@H]([13C]O)O2)c(=O)[nH]c1=O. The first kappa shape index (κ1) is 12.0. The number of hydrogen-bond donors (Lipinski definition) is 3. The van der Waals surface area contributed by atoms with Gasteiger partial charge < -0.3 is 14.9 Å². The number of aromatic amines is 1. The van der Waals surface area contributed by atoms with Crippen molar-refractivity contribution in [2.75, 3.05) is 0 Å². The van der Waals surface area contributed by atoms with Gasteiger partial charge in [-0.05, 0) is 6.92 Å². The average molecular weight is 243 g/mol. The van der Waals surface area contributed by atoms with Crippen LogP contribution in [0.3, 0.4) is 0 Å². The number of rotatable bonds is 2. The largest absolute Gasteiger partial charge is 0.389 e. The lowest BCUT2D eigenvalue weighted by molar-refractivity contribution is -0.0218. The number of aromatic nitrogens is 2. The molecule has 2 rings (SSSR count). The molecular formula is C10H10N2O5. The van der Waals surface area contributed by atoms with E-state index < -0.39 is 29.7 Å². The number of nitrogens with zero attached hydrogens (tertiary/aromatic N) is 1. The van der Waals surface area contributed by atoms with Crippen LogP contribution in [-0.4, -0.2) is 32.0 Å². The number of H-pyrrole nitrogens is 1. The predicted molar refractivity (Wildman–Crippen MR) is 54.4 cm³/mol. The number of aryl methyl sites for hydroxylation is 1. The van der Waals surface area contributed by atoms with Crippen molar-refractivity contribution in [1.29, 1.82) is 0 Å². The molecule has 1 fully saturated rings. The van der Waals surface area contributed by atoms with E-state index in [4.69, 9.17) is 9.84 Å². The van der Waals surface area contributed by atoms with Gasteiger partial charge in [0.25, 0.3) is 5.56 Å². The lowest BCUT2D eigenvalue weighted by Crippen LogP contribution is -2.33. The highest BCUT2D eigenvalue weighted by Crippen LogP contribution is 2.27. The Morgan fingerprint density at radius 2 is 2.29 bits per heavy atom. The second-order valence-electron chi connectivity index (χ2n) is 3.63. The van der Waals surface area contributed by atoms with Gasteiger partial charge in [-0.25, -0.2) is 4.79 Å². The molecule has 3 atom stereocenters. The van der Waals surface area contributed by atoms with Crippen molar-refractivity contribution in [2.24, 2.45) is 0 Å². The molecule has 4 radical (unpaired) electrons. The van der Waals surface area contributed by atoms with E-state index in [1.165, 1.54) is 13.1 Å². The fraction of sp³-hybridized carbons (Fsp3) is 0.400. The van der Waals surface area contributed by atoms with Crippen molar-refractivity contribution >= 4 is 0 Å². The monoisotopic (exact) mass is 243 g/mol. The number of ether oxygens (including phenoxy) is 1. The van der Waals surface area contributed by atoms with Crippen molar-refractivity contribution in [1.82, 2.24) is 9.55 Å². The van der Waals surface area contributed by atoms with Crippen molar-refractivity contribution in [2.45, 2.75) is 25.4 Å². The van der Waals surface area contributed by atoms with E-state index in [0.29, 0.717) is 5.56 Å². The summed E-state index contributed by atoms with van der Waals surface area (Å²) in [6, 6.07) is 0. The third-order valence-corrected chi connectivity index (χ3v) is 2.40. The van der Waals surface area contributed by atoms with E-state index in [0.717, 1.165) is 4.57 Å². The molecule has 0 unspecified atom stereocenters. The van der Waals surface area contributed by atoms with Gasteiger partial charge in [-0.15, -0.1) is 0 Å². The highest BCUT2D eigenvalue weighted by atomic mass is 16.7. The Hall–Kier alpha value is -1.44. The summed E-state index contributed by atoms with van der Waals surface area (Å²) in [5.41, 5.74) is -0.838. The second kappa shape index (κ2) is 4.44. The van der Waals surface area contributed by atoms with Crippen molar-refractivity contribution in [3.63, 3.8) is 0 Å². The molecule has 7 heteroatoms. The van der Waals surface area contributed by atoms with Crippen LogP contribution in [-0.2, 0) is 4.74 Å². The van der Waals surface area contributed by atoms with Crippen LogP contribution in [0.5, 0.6) is 0 Å². The van der Waals surface area contributed by atoms with E-state index in [2.05, 4.69) is 11.4 Å². The molecule has 0 aromatic carbocycles. The van der Waals surface area contributed by atoms with Crippen LogP contribution in [0, 0.1) is 20.0 Å². The molecule has 0 bridgehead atoms. The molecule has 90 valence electrons. The summed E-state index contributed by atoms with van der Waals surface area (Å²) in [6.45, 7) is 3.27. The Balaban J connectivity index is 2.34. The number of aliphatic hydroxyl groups is 2. The maximum absolute atomic E-state index is 11.5. The molecule has 0 spiro atoms. The third kappa shape index (κ3) is 2.17. The third-order valence-electron chi connectivity index (χ3n) is 2.40. The fourth-order valence-corrected chi connectivity index (χ4v) is 1.49. The van der Waals surface area contributed by atoms with Crippen LogP contribution >= 0.6 is 0 Å². The Morgan fingerprint density at radius 3 is 2.88 bits per heavy atom. The first-order valence-electron chi connectivity index (χ1n) is 4.84. The summed E-state index contributed by atoms with van der Waals surface area (Å²) >= 11 is 0. The summed E-state index contributed by atoms with van der Waals surface area (Å²) in [7, 11) is 0. The van der Waals surface area contributed by atoms with Crippen LogP contribution in [0.1, 0.15) is 11.8 Å². The van der Waals surface area contributed by atoms with Crippen LogP contribution < -0.4 is 11.2 Å². The molecule has 0 aliphatic carbocycles. The summed E-state index contributed by atoms with van der Waals surface area (Å²) in [6.07, 6.45) is 0.600. The molecule has 2 heterocycles. The highest BCUT2D eigenvalue weighted by molar-refractivity contribution is 5.05. The van der Waals surface area contributed by atoms with Crippen molar-refractivity contribution in [3.8, 4) is 0 Å². The van der Waals surface area contributed by atoms with Crippen molar-refractivity contribution in [3.05, 3.63) is 45.6 Å². The van der Waals surface area contributed by atoms with E-state index in [1.54, 1.807) is 6.61 Å². The first-order chi connectivity index (χ1) is 8.02. The van der Waals surface area contributed by atoms with E-state index >= 15 is 0 Å². The predicted octanol–water partition coefficient (Wildman–Crippen LogP) is -1.40. The summed E-state index contributed by atoms with van der Waals surface area (Å²) in [5, 5.41) is 18.0. The Labute approximate surface area is 96.3 Å². The molecule has 7 nitrogen and oxygen atoms in total. The zero-order valence-corrected chi connectivity index (χ0v) is 8.88. The molecular weight excluding hydrogens is 233 g/mol. The molecule has 0 amide bonds. The van der Waals surface area contributed by atoms with Gasteiger partial charge in [-0.2, -0.15) is 0 Å². The molecule has 1 aromatic heterocycles. The topological polar surface area (TPSA) is 105 Å². The standard InChI is InChI=1S/C10H10N2O5/c1-5-3-12(10(16)11-9(5)15)8-2-6(14)7(4-13)17-8/h3,6-8,13-14H,1H3,(H,11,15,16)/t6-,7+,8+/m0/s1/i2+1,4+1,6+1,7+1,8+1. The maximum atomic E-state index is 11.5. The smallest absolute Gasteiger partial charge is 0.330 e. The van der Waals surface area contributed by atoms with E-state index in [-0.39, 0.29) is 0 Å². The van der Waals surface area contributed by atoms with Crippen LogP contribution in [0.15, 0.2) is 15.8 Å². The van der Waals surface area contributed by atoms with Gasteiger partial charge in [0.05, 0.1) is 12.5 Å². The summed E-state index contributed by atoms with van der Waals surface area (Å²) < 4.78 is 6.17. The molecule has 1 saturated heterocycles. The molecule has 3 N–H and O–H groups in total. The lowest BCUT2D eigenvalue weighted by Gasteiger charge is -2.13. The van der Waals surface area contributed by atoms with E-state index in [1.807, 2.05) is 0 Å². The Morgan fingerprint density at radius 1 is 1.59 bits per heavy atom. The maximum Gasteiger partial charge on any atom is 0.330 e. The molecule has 1 aliphatic heterocycles. The van der Waals surface area contributed by atoms with Crippen LogP contribution in [0.25, 0.3) is 0 Å². The quantitative estimate of drug-likeness (QED) is 0.554. The molecule has 0 saturated carbocycles.